The number of anilines is 1. The molecule has 98 valence electrons. The van der Waals surface area contributed by atoms with Gasteiger partial charge in [-0.15, -0.1) is 11.8 Å². The van der Waals surface area contributed by atoms with Crippen LogP contribution >= 0.6 is 11.8 Å². The topological polar surface area (TPSA) is 40.5 Å². The van der Waals surface area contributed by atoms with E-state index in [0.29, 0.717) is 11.4 Å². The van der Waals surface area contributed by atoms with Crippen molar-refractivity contribution in [3.05, 3.63) is 54.6 Å². The third-order valence-electron chi connectivity index (χ3n) is 2.70. The van der Waals surface area contributed by atoms with Crippen LogP contribution in [0.25, 0.3) is 0 Å². The number of hydrogen-bond donors (Lipinski definition) is 1. The number of benzene rings is 2. The van der Waals surface area contributed by atoms with E-state index in [1.165, 1.54) is 11.8 Å². The monoisotopic (exact) mass is 273 g/mol. The molecule has 2 aromatic rings. The van der Waals surface area contributed by atoms with Crippen LogP contribution in [0.3, 0.4) is 0 Å². The van der Waals surface area contributed by atoms with Crippen LogP contribution in [-0.4, -0.2) is 23.8 Å². The summed E-state index contributed by atoms with van der Waals surface area (Å²) in [5.41, 5.74) is 0.693. The molecule has 19 heavy (non-hydrogen) atoms. The third-order valence-corrected chi connectivity index (χ3v) is 3.69. The van der Waals surface area contributed by atoms with Crippen molar-refractivity contribution in [3.8, 4) is 5.75 Å². The lowest BCUT2D eigenvalue weighted by Crippen LogP contribution is -2.27. The van der Waals surface area contributed by atoms with E-state index in [-0.39, 0.29) is 11.7 Å². The molecule has 0 unspecified atom stereocenters. The molecule has 0 aliphatic heterocycles. The highest BCUT2D eigenvalue weighted by atomic mass is 32.2. The lowest BCUT2D eigenvalue weighted by atomic mass is 10.3. The Bertz CT molecular complexity index is 557. The first-order valence-electron chi connectivity index (χ1n) is 5.90. The van der Waals surface area contributed by atoms with Crippen molar-refractivity contribution in [2.75, 3.05) is 17.7 Å². The predicted octanol–water partition coefficient (Wildman–Crippen LogP) is 3.15. The highest BCUT2D eigenvalue weighted by Gasteiger charge is 2.11. The van der Waals surface area contributed by atoms with E-state index in [1.54, 1.807) is 36.2 Å². The van der Waals surface area contributed by atoms with Gasteiger partial charge in [-0.05, 0) is 24.3 Å². The summed E-state index contributed by atoms with van der Waals surface area (Å²) in [6, 6.07) is 16.5. The van der Waals surface area contributed by atoms with Crippen molar-refractivity contribution in [1.29, 1.82) is 0 Å². The van der Waals surface area contributed by atoms with Gasteiger partial charge in [0.25, 0.3) is 0 Å². The number of aromatic hydroxyl groups is 1. The van der Waals surface area contributed by atoms with Gasteiger partial charge in [0, 0.05) is 23.7 Å². The molecule has 0 aliphatic carbocycles. The Balaban J connectivity index is 1.96. The van der Waals surface area contributed by atoms with E-state index >= 15 is 0 Å². The number of amides is 1. The summed E-state index contributed by atoms with van der Waals surface area (Å²) in [6.45, 7) is 0. The molecule has 4 heteroatoms. The third kappa shape index (κ3) is 3.76. The number of hydrogen-bond acceptors (Lipinski definition) is 3. The zero-order chi connectivity index (χ0) is 13.7. The summed E-state index contributed by atoms with van der Waals surface area (Å²) in [6.07, 6.45) is 0. The summed E-state index contributed by atoms with van der Waals surface area (Å²) in [7, 11) is 1.71. The fourth-order valence-corrected chi connectivity index (χ4v) is 2.44. The predicted molar refractivity (Wildman–Crippen MR) is 78.7 cm³/mol. The van der Waals surface area contributed by atoms with Gasteiger partial charge < -0.3 is 10.0 Å². The Hall–Kier alpha value is -1.94. The normalized spacial score (nSPS) is 10.2. The molecule has 2 rings (SSSR count). The zero-order valence-electron chi connectivity index (χ0n) is 10.6. The van der Waals surface area contributed by atoms with Crippen molar-refractivity contribution >= 4 is 23.4 Å². The molecule has 0 aromatic heterocycles. The SMILES string of the molecule is CN(C(=O)CSc1ccccc1)c1cccc(O)c1. The second-order valence-corrected chi connectivity index (χ2v) is 5.12. The zero-order valence-corrected chi connectivity index (χ0v) is 11.4. The van der Waals surface area contributed by atoms with Crippen LogP contribution in [0.5, 0.6) is 5.75 Å². The van der Waals surface area contributed by atoms with Crippen LogP contribution in [0.2, 0.25) is 0 Å². The maximum absolute atomic E-state index is 12.1. The maximum Gasteiger partial charge on any atom is 0.237 e. The van der Waals surface area contributed by atoms with Crippen LogP contribution in [-0.2, 0) is 4.79 Å². The number of nitrogens with zero attached hydrogens (tertiary/aromatic N) is 1. The van der Waals surface area contributed by atoms with Crippen LogP contribution < -0.4 is 4.90 Å². The lowest BCUT2D eigenvalue weighted by Gasteiger charge is -2.17. The van der Waals surface area contributed by atoms with Crippen LogP contribution in [0.4, 0.5) is 5.69 Å². The van der Waals surface area contributed by atoms with Crippen LogP contribution in [0.1, 0.15) is 0 Å². The maximum atomic E-state index is 12.1. The highest BCUT2D eigenvalue weighted by Crippen LogP contribution is 2.21. The Labute approximate surface area is 116 Å². The highest BCUT2D eigenvalue weighted by molar-refractivity contribution is 8.00. The smallest absolute Gasteiger partial charge is 0.237 e. The number of thioether (sulfide) groups is 1. The Kier molecular flexibility index (Phi) is 4.47. The van der Waals surface area contributed by atoms with E-state index in [9.17, 15) is 9.90 Å². The quantitative estimate of drug-likeness (QED) is 0.870. The minimum atomic E-state index is -0.000506. The van der Waals surface area contributed by atoms with Crippen molar-refractivity contribution < 1.29 is 9.90 Å². The number of carbonyl (C=O) groups is 1. The minimum absolute atomic E-state index is 0.000506. The first-order chi connectivity index (χ1) is 9.16. The fourth-order valence-electron chi connectivity index (χ4n) is 1.60. The summed E-state index contributed by atoms with van der Waals surface area (Å²) < 4.78 is 0. The molecule has 0 aliphatic rings. The Morgan fingerprint density at radius 1 is 1.16 bits per heavy atom. The molecule has 0 bridgehead atoms. The average molecular weight is 273 g/mol. The van der Waals surface area contributed by atoms with Gasteiger partial charge in [-0.1, -0.05) is 24.3 Å². The lowest BCUT2D eigenvalue weighted by molar-refractivity contribution is -0.115. The first kappa shape index (κ1) is 13.5. The average Bonchev–Trinajstić information content (AvgIpc) is 2.45. The number of phenols is 1. The Morgan fingerprint density at radius 3 is 2.58 bits per heavy atom. The molecule has 3 nitrogen and oxygen atoms in total. The molecule has 0 atom stereocenters. The second kappa shape index (κ2) is 6.29. The summed E-state index contributed by atoms with van der Waals surface area (Å²) >= 11 is 1.50. The second-order valence-electron chi connectivity index (χ2n) is 4.07. The van der Waals surface area contributed by atoms with E-state index in [0.717, 1.165) is 4.90 Å². The number of phenolic OH excluding ortho intramolecular Hbond substituents is 1. The number of carbonyl (C=O) groups excluding carboxylic acids is 1. The van der Waals surface area contributed by atoms with Gasteiger partial charge in [-0.3, -0.25) is 4.79 Å². The summed E-state index contributed by atoms with van der Waals surface area (Å²) in [5, 5.41) is 9.41. The van der Waals surface area contributed by atoms with Crippen molar-refractivity contribution in [3.63, 3.8) is 0 Å². The first-order valence-corrected chi connectivity index (χ1v) is 6.89. The van der Waals surface area contributed by atoms with Gasteiger partial charge in [0.1, 0.15) is 5.75 Å². The summed E-state index contributed by atoms with van der Waals surface area (Å²) in [5.74, 6) is 0.531. The van der Waals surface area contributed by atoms with Gasteiger partial charge >= 0.3 is 0 Å². The van der Waals surface area contributed by atoms with Crippen molar-refractivity contribution in [2.24, 2.45) is 0 Å². The standard InChI is InChI=1S/C15H15NO2S/c1-16(12-6-5-7-13(17)10-12)15(18)11-19-14-8-3-2-4-9-14/h2-10,17H,11H2,1H3. The largest absolute Gasteiger partial charge is 0.508 e. The molecular weight excluding hydrogens is 258 g/mol. The molecule has 0 radical (unpaired) electrons. The molecule has 0 heterocycles. The van der Waals surface area contributed by atoms with E-state index in [1.807, 2.05) is 30.3 Å². The molecule has 0 fully saturated rings. The summed E-state index contributed by atoms with van der Waals surface area (Å²) in [4.78, 5) is 14.7. The fraction of sp³-hybridized carbons (Fsp3) is 0.133. The molecule has 0 saturated carbocycles. The van der Waals surface area contributed by atoms with Gasteiger partial charge in [-0.2, -0.15) is 0 Å². The van der Waals surface area contributed by atoms with Gasteiger partial charge in [0.15, 0.2) is 0 Å². The van der Waals surface area contributed by atoms with E-state index in [2.05, 4.69) is 0 Å². The Morgan fingerprint density at radius 2 is 1.89 bits per heavy atom. The van der Waals surface area contributed by atoms with E-state index in [4.69, 9.17) is 0 Å². The molecule has 0 spiro atoms. The molecule has 1 amide bonds. The van der Waals surface area contributed by atoms with Crippen molar-refractivity contribution in [1.82, 2.24) is 0 Å². The van der Waals surface area contributed by atoms with Gasteiger partial charge in [0.2, 0.25) is 5.91 Å². The van der Waals surface area contributed by atoms with Crippen LogP contribution in [0, 0.1) is 0 Å². The van der Waals surface area contributed by atoms with Gasteiger partial charge in [-0.25, -0.2) is 0 Å². The number of rotatable bonds is 4. The minimum Gasteiger partial charge on any atom is -0.508 e. The van der Waals surface area contributed by atoms with Crippen molar-refractivity contribution in [2.45, 2.75) is 4.90 Å². The molecule has 0 saturated heterocycles. The van der Waals surface area contributed by atoms with E-state index < -0.39 is 0 Å². The van der Waals surface area contributed by atoms with Gasteiger partial charge in [0.05, 0.1) is 5.75 Å². The molecule has 1 N–H and O–H groups in total. The van der Waals surface area contributed by atoms with Crippen LogP contribution in [0.15, 0.2) is 59.5 Å². The molecule has 2 aromatic carbocycles. The molecular formula is C15H15NO2S.